The van der Waals surface area contributed by atoms with E-state index in [9.17, 15) is 5.26 Å². The van der Waals surface area contributed by atoms with Crippen LogP contribution in [0, 0.1) is 11.3 Å². The second-order valence-corrected chi connectivity index (χ2v) is 8.43. The van der Waals surface area contributed by atoms with Gasteiger partial charge in [-0.1, -0.05) is 103 Å². The minimum absolute atomic E-state index is 0.630. The maximum Gasteiger partial charge on any atom is 0.164 e. The van der Waals surface area contributed by atoms with Crippen molar-refractivity contribution in [3.8, 4) is 51.4 Å². The van der Waals surface area contributed by atoms with E-state index in [4.69, 9.17) is 15.0 Å². The van der Waals surface area contributed by atoms with Gasteiger partial charge in [0, 0.05) is 16.7 Å². The first-order valence-electron chi connectivity index (χ1n) is 11.7. The first-order valence-corrected chi connectivity index (χ1v) is 11.7. The lowest BCUT2D eigenvalue weighted by atomic mass is 9.94. The standard InChI is InChI=1S/C32H20N4/c33-21-22-15-17-23(18-16-22)26-19-20-29(28-14-8-7-13-27(26)28)32-35-30(24-9-3-1-4-10-24)34-31(36-32)25-11-5-2-6-12-25/h1-20H. The van der Waals surface area contributed by atoms with Crippen LogP contribution in [0.3, 0.4) is 0 Å². The first kappa shape index (κ1) is 21.4. The van der Waals surface area contributed by atoms with Gasteiger partial charge < -0.3 is 0 Å². The van der Waals surface area contributed by atoms with E-state index in [1.165, 1.54) is 0 Å². The molecule has 6 aromatic rings. The van der Waals surface area contributed by atoms with Gasteiger partial charge in [0.1, 0.15) is 0 Å². The Morgan fingerprint density at radius 1 is 0.417 bits per heavy atom. The summed E-state index contributed by atoms with van der Waals surface area (Å²) in [6.07, 6.45) is 0. The average molecular weight is 461 g/mol. The van der Waals surface area contributed by atoms with Crippen LogP contribution in [-0.2, 0) is 0 Å². The molecule has 0 fully saturated rings. The van der Waals surface area contributed by atoms with Gasteiger partial charge in [-0.05, 0) is 40.1 Å². The molecule has 1 heterocycles. The third-order valence-corrected chi connectivity index (χ3v) is 6.19. The smallest absolute Gasteiger partial charge is 0.164 e. The number of benzene rings is 5. The number of aromatic nitrogens is 3. The maximum absolute atomic E-state index is 9.17. The van der Waals surface area contributed by atoms with Crippen LogP contribution in [0.2, 0.25) is 0 Å². The highest BCUT2D eigenvalue weighted by atomic mass is 15.0. The van der Waals surface area contributed by atoms with Crippen LogP contribution in [0.5, 0.6) is 0 Å². The molecular weight excluding hydrogens is 440 g/mol. The normalized spacial score (nSPS) is 10.8. The molecule has 0 bridgehead atoms. The summed E-state index contributed by atoms with van der Waals surface area (Å²) in [6, 6.07) is 42.3. The van der Waals surface area contributed by atoms with E-state index in [0.717, 1.165) is 38.6 Å². The van der Waals surface area contributed by atoms with Crippen molar-refractivity contribution >= 4 is 10.8 Å². The molecule has 0 N–H and O–H groups in total. The number of nitriles is 1. The highest BCUT2D eigenvalue weighted by molar-refractivity contribution is 6.04. The number of hydrogen-bond donors (Lipinski definition) is 0. The molecule has 36 heavy (non-hydrogen) atoms. The van der Waals surface area contributed by atoms with Crippen molar-refractivity contribution in [3.05, 3.63) is 127 Å². The molecule has 0 amide bonds. The molecule has 1 aromatic heterocycles. The van der Waals surface area contributed by atoms with Crippen molar-refractivity contribution < 1.29 is 0 Å². The fourth-order valence-electron chi connectivity index (χ4n) is 4.40. The first-order chi connectivity index (χ1) is 17.8. The average Bonchev–Trinajstić information content (AvgIpc) is 2.97. The van der Waals surface area contributed by atoms with E-state index in [2.05, 4.69) is 30.3 Å². The van der Waals surface area contributed by atoms with Crippen molar-refractivity contribution in [3.63, 3.8) is 0 Å². The molecule has 0 saturated carbocycles. The molecule has 0 aliphatic rings. The van der Waals surface area contributed by atoms with Crippen molar-refractivity contribution in [2.75, 3.05) is 0 Å². The fourth-order valence-corrected chi connectivity index (χ4v) is 4.40. The predicted octanol–water partition coefficient (Wildman–Crippen LogP) is 7.56. The largest absolute Gasteiger partial charge is 0.208 e. The number of rotatable bonds is 4. The van der Waals surface area contributed by atoms with Crippen LogP contribution >= 0.6 is 0 Å². The third kappa shape index (κ3) is 4.00. The highest BCUT2D eigenvalue weighted by Gasteiger charge is 2.15. The summed E-state index contributed by atoms with van der Waals surface area (Å²) in [5.41, 5.74) is 5.63. The summed E-state index contributed by atoms with van der Waals surface area (Å²) in [5, 5.41) is 11.3. The molecule has 0 spiro atoms. The number of hydrogen-bond acceptors (Lipinski definition) is 4. The summed E-state index contributed by atoms with van der Waals surface area (Å²) in [5.74, 6) is 1.91. The van der Waals surface area contributed by atoms with Crippen molar-refractivity contribution in [2.24, 2.45) is 0 Å². The van der Waals surface area contributed by atoms with E-state index < -0.39 is 0 Å². The van der Waals surface area contributed by atoms with E-state index >= 15 is 0 Å². The zero-order chi connectivity index (χ0) is 24.3. The summed E-state index contributed by atoms with van der Waals surface area (Å²) < 4.78 is 0. The molecule has 0 aliphatic carbocycles. The van der Waals surface area contributed by atoms with Crippen molar-refractivity contribution in [1.82, 2.24) is 15.0 Å². The zero-order valence-electron chi connectivity index (χ0n) is 19.3. The lowest BCUT2D eigenvalue weighted by molar-refractivity contribution is 1.08. The van der Waals surface area contributed by atoms with Gasteiger partial charge in [-0.3, -0.25) is 0 Å². The zero-order valence-corrected chi connectivity index (χ0v) is 19.3. The Hall–Kier alpha value is -5.14. The molecule has 0 aliphatic heterocycles. The van der Waals surface area contributed by atoms with E-state index in [1.54, 1.807) is 0 Å². The van der Waals surface area contributed by atoms with Gasteiger partial charge in [-0.2, -0.15) is 5.26 Å². The minimum Gasteiger partial charge on any atom is -0.208 e. The van der Waals surface area contributed by atoms with Crippen molar-refractivity contribution in [2.45, 2.75) is 0 Å². The van der Waals surface area contributed by atoms with Crippen LogP contribution in [0.4, 0.5) is 0 Å². The Labute approximate surface area is 209 Å². The maximum atomic E-state index is 9.17. The molecule has 4 nitrogen and oxygen atoms in total. The lowest BCUT2D eigenvalue weighted by Gasteiger charge is -2.13. The fraction of sp³-hybridized carbons (Fsp3) is 0. The SMILES string of the molecule is N#Cc1ccc(-c2ccc(-c3nc(-c4ccccc4)nc(-c4ccccc4)n3)c3ccccc23)cc1. The Kier molecular flexibility index (Phi) is 5.50. The molecule has 6 rings (SSSR count). The van der Waals surface area contributed by atoms with Gasteiger partial charge in [0.05, 0.1) is 11.6 Å². The molecule has 0 radical (unpaired) electrons. The third-order valence-electron chi connectivity index (χ3n) is 6.19. The number of fused-ring (bicyclic) bond motifs is 1. The van der Waals surface area contributed by atoms with E-state index in [1.807, 2.05) is 97.1 Å². The van der Waals surface area contributed by atoms with Crippen LogP contribution in [0.1, 0.15) is 5.56 Å². The van der Waals surface area contributed by atoms with E-state index in [-0.39, 0.29) is 0 Å². The second-order valence-electron chi connectivity index (χ2n) is 8.43. The Balaban J connectivity index is 1.57. The summed E-state index contributed by atoms with van der Waals surface area (Å²) in [4.78, 5) is 14.6. The summed E-state index contributed by atoms with van der Waals surface area (Å²) in [7, 11) is 0. The van der Waals surface area contributed by atoms with Crippen molar-refractivity contribution in [1.29, 1.82) is 5.26 Å². The molecule has 0 atom stereocenters. The Morgan fingerprint density at radius 3 is 1.44 bits per heavy atom. The second kappa shape index (κ2) is 9.25. The van der Waals surface area contributed by atoms with Crippen LogP contribution in [0.15, 0.2) is 121 Å². The van der Waals surface area contributed by atoms with Gasteiger partial charge in [0.2, 0.25) is 0 Å². The predicted molar refractivity (Wildman–Crippen MR) is 144 cm³/mol. The molecule has 5 aromatic carbocycles. The lowest BCUT2D eigenvalue weighted by Crippen LogP contribution is -2.00. The topological polar surface area (TPSA) is 62.5 Å². The Morgan fingerprint density at radius 2 is 0.889 bits per heavy atom. The number of nitrogens with zero attached hydrogens (tertiary/aromatic N) is 4. The van der Waals surface area contributed by atoms with Crippen LogP contribution in [0.25, 0.3) is 56.1 Å². The monoisotopic (exact) mass is 460 g/mol. The van der Waals surface area contributed by atoms with Crippen LogP contribution < -0.4 is 0 Å². The summed E-state index contributed by atoms with van der Waals surface area (Å²) >= 11 is 0. The van der Waals surface area contributed by atoms with Gasteiger partial charge in [-0.25, -0.2) is 15.0 Å². The quantitative estimate of drug-likeness (QED) is 0.272. The molecule has 0 unspecified atom stereocenters. The van der Waals surface area contributed by atoms with Gasteiger partial charge in [0.25, 0.3) is 0 Å². The molecule has 168 valence electrons. The summed E-state index contributed by atoms with van der Waals surface area (Å²) in [6.45, 7) is 0. The van der Waals surface area contributed by atoms with Crippen LogP contribution in [-0.4, -0.2) is 15.0 Å². The van der Waals surface area contributed by atoms with Gasteiger partial charge in [0.15, 0.2) is 17.5 Å². The van der Waals surface area contributed by atoms with Gasteiger partial charge >= 0.3 is 0 Å². The Bertz CT molecular complexity index is 1660. The molecule has 4 heteroatoms. The van der Waals surface area contributed by atoms with E-state index in [0.29, 0.717) is 23.0 Å². The van der Waals surface area contributed by atoms with Gasteiger partial charge in [-0.15, -0.1) is 0 Å². The molecular formula is C32H20N4. The molecule has 0 saturated heterocycles. The highest BCUT2D eigenvalue weighted by Crippen LogP contribution is 2.35. The minimum atomic E-state index is 0.630.